The second kappa shape index (κ2) is 6.67. The third kappa shape index (κ3) is 5.39. The van der Waals surface area contributed by atoms with E-state index in [0.29, 0.717) is 12.3 Å². The fraction of sp³-hybridized carbons (Fsp3) is 0.636. The van der Waals surface area contributed by atoms with Crippen LogP contribution < -0.4 is 4.72 Å². The third-order valence-electron chi connectivity index (χ3n) is 2.59. The van der Waals surface area contributed by atoms with Gasteiger partial charge in [0.05, 0.1) is 6.20 Å². The largest absolute Gasteiger partial charge is 0.481 e. The summed E-state index contributed by atoms with van der Waals surface area (Å²) in [4.78, 5) is 10.8. The average Bonchev–Trinajstić information content (AvgIpc) is 2.78. The third-order valence-corrected chi connectivity index (χ3v) is 3.95. The fourth-order valence-corrected chi connectivity index (χ4v) is 2.87. The Morgan fingerprint density at radius 3 is 2.68 bits per heavy atom. The van der Waals surface area contributed by atoms with Gasteiger partial charge in [-0.25, -0.2) is 13.1 Å². The van der Waals surface area contributed by atoms with Crippen LogP contribution in [0.3, 0.4) is 0 Å². The number of hydrogen-bond donors (Lipinski definition) is 3. The molecule has 0 fully saturated rings. The average molecular weight is 289 g/mol. The van der Waals surface area contributed by atoms with Crippen LogP contribution in [0.15, 0.2) is 17.3 Å². The van der Waals surface area contributed by atoms with Gasteiger partial charge in [-0.3, -0.25) is 9.89 Å². The van der Waals surface area contributed by atoms with E-state index in [1.165, 1.54) is 12.3 Å². The molecule has 0 saturated heterocycles. The lowest BCUT2D eigenvalue weighted by atomic mass is 9.94. The Labute approximate surface area is 112 Å². The predicted molar refractivity (Wildman–Crippen MR) is 69.0 cm³/mol. The van der Waals surface area contributed by atoms with Crippen molar-refractivity contribution < 1.29 is 18.3 Å². The summed E-state index contributed by atoms with van der Waals surface area (Å²) in [7, 11) is -3.64. The first-order chi connectivity index (χ1) is 8.81. The van der Waals surface area contributed by atoms with Crippen LogP contribution in [0, 0.1) is 11.8 Å². The van der Waals surface area contributed by atoms with Crippen molar-refractivity contribution in [2.24, 2.45) is 11.8 Å². The molecule has 0 bridgehead atoms. The van der Waals surface area contributed by atoms with Crippen LogP contribution in [0.5, 0.6) is 0 Å². The summed E-state index contributed by atoms with van der Waals surface area (Å²) >= 11 is 0. The number of nitrogens with one attached hydrogen (secondary N) is 2. The molecule has 0 amide bonds. The summed E-state index contributed by atoms with van der Waals surface area (Å²) in [6, 6.07) is 1.34. The van der Waals surface area contributed by atoms with Crippen molar-refractivity contribution in [1.29, 1.82) is 0 Å². The smallest absolute Gasteiger partial charge is 0.303 e. The summed E-state index contributed by atoms with van der Waals surface area (Å²) in [5, 5.41) is 14.7. The van der Waals surface area contributed by atoms with Crippen molar-refractivity contribution in [1.82, 2.24) is 14.9 Å². The Bertz CT molecular complexity index is 496. The molecule has 1 aromatic rings. The zero-order valence-corrected chi connectivity index (χ0v) is 11.8. The zero-order valence-electron chi connectivity index (χ0n) is 11.0. The molecule has 0 aromatic carbocycles. The van der Waals surface area contributed by atoms with Crippen molar-refractivity contribution >= 4 is 16.0 Å². The number of rotatable bonds is 8. The number of aliphatic carboxylic acids is 1. The van der Waals surface area contributed by atoms with E-state index in [9.17, 15) is 13.2 Å². The van der Waals surface area contributed by atoms with Crippen LogP contribution >= 0.6 is 0 Å². The van der Waals surface area contributed by atoms with Crippen molar-refractivity contribution in [2.45, 2.75) is 31.7 Å². The highest BCUT2D eigenvalue weighted by Crippen LogP contribution is 2.15. The number of nitrogens with zero attached hydrogens (tertiary/aromatic N) is 1. The molecule has 0 spiro atoms. The lowest BCUT2D eigenvalue weighted by molar-refractivity contribution is -0.138. The molecule has 0 unspecified atom stereocenters. The van der Waals surface area contributed by atoms with E-state index >= 15 is 0 Å². The highest BCUT2D eigenvalue weighted by molar-refractivity contribution is 7.89. The van der Waals surface area contributed by atoms with Crippen LogP contribution in [0.25, 0.3) is 0 Å². The zero-order chi connectivity index (χ0) is 14.5. The summed E-state index contributed by atoms with van der Waals surface area (Å²) < 4.78 is 26.1. The van der Waals surface area contributed by atoms with Gasteiger partial charge in [-0.2, -0.15) is 5.10 Å². The first-order valence-corrected chi connectivity index (χ1v) is 7.50. The molecule has 1 rings (SSSR count). The number of H-pyrrole nitrogens is 1. The molecule has 7 nitrogen and oxygen atoms in total. The lowest BCUT2D eigenvalue weighted by Gasteiger charge is -2.17. The maximum absolute atomic E-state index is 11.8. The molecule has 19 heavy (non-hydrogen) atoms. The van der Waals surface area contributed by atoms with Crippen molar-refractivity contribution in [3.8, 4) is 0 Å². The SMILES string of the molecule is CC(C)C[C@H](CNS(=O)(=O)c1ccn[nH]1)CC(=O)O. The lowest BCUT2D eigenvalue weighted by Crippen LogP contribution is -2.31. The Morgan fingerprint density at radius 2 is 2.21 bits per heavy atom. The Kier molecular flexibility index (Phi) is 5.49. The Morgan fingerprint density at radius 1 is 1.53 bits per heavy atom. The van der Waals surface area contributed by atoms with E-state index in [4.69, 9.17) is 5.11 Å². The van der Waals surface area contributed by atoms with E-state index < -0.39 is 16.0 Å². The van der Waals surface area contributed by atoms with Crippen molar-refractivity contribution in [2.75, 3.05) is 6.54 Å². The quantitative estimate of drug-likeness (QED) is 0.656. The van der Waals surface area contributed by atoms with Crippen molar-refractivity contribution in [3.05, 3.63) is 12.3 Å². The number of sulfonamides is 1. The molecule has 0 aliphatic carbocycles. The number of hydrogen-bond acceptors (Lipinski definition) is 4. The molecular weight excluding hydrogens is 270 g/mol. The second-order valence-electron chi connectivity index (χ2n) is 4.87. The van der Waals surface area contributed by atoms with E-state index in [0.717, 1.165) is 0 Å². The van der Waals surface area contributed by atoms with Gasteiger partial charge in [0.1, 0.15) is 0 Å². The molecule has 1 heterocycles. The monoisotopic (exact) mass is 289 g/mol. The molecular formula is C11H19N3O4S. The molecule has 0 saturated carbocycles. The van der Waals surface area contributed by atoms with Gasteiger partial charge < -0.3 is 5.11 Å². The van der Waals surface area contributed by atoms with Crippen LogP contribution in [-0.4, -0.2) is 36.2 Å². The minimum atomic E-state index is -3.64. The Hall–Kier alpha value is -1.41. The van der Waals surface area contributed by atoms with Crippen molar-refractivity contribution in [3.63, 3.8) is 0 Å². The highest BCUT2D eigenvalue weighted by atomic mass is 32.2. The van der Waals surface area contributed by atoms with E-state index in [1.807, 2.05) is 13.8 Å². The maximum atomic E-state index is 11.8. The van der Waals surface area contributed by atoms with Crippen LogP contribution in [-0.2, 0) is 14.8 Å². The minimum absolute atomic E-state index is 0.0221. The Balaban J connectivity index is 2.63. The first-order valence-electron chi connectivity index (χ1n) is 6.02. The van der Waals surface area contributed by atoms with Gasteiger partial charge in [0.15, 0.2) is 5.03 Å². The molecule has 108 valence electrons. The standard InChI is InChI=1S/C11H19N3O4S/c1-8(2)5-9(6-11(15)16)7-13-19(17,18)10-3-4-12-14-10/h3-4,8-9,13H,5-7H2,1-2H3,(H,12,14)(H,15,16)/t9-/m0/s1. The molecule has 3 N–H and O–H groups in total. The van der Waals surface area contributed by atoms with Crippen LogP contribution in [0.2, 0.25) is 0 Å². The van der Waals surface area contributed by atoms with E-state index in [2.05, 4.69) is 14.9 Å². The molecule has 0 aliphatic rings. The van der Waals surface area contributed by atoms with Crippen LogP contribution in [0.1, 0.15) is 26.7 Å². The summed E-state index contributed by atoms with van der Waals surface area (Å²) in [5.41, 5.74) is 0. The summed E-state index contributed by atoms with van der Waals surface area (Å²) in [5.74, 6) is -0.845. The number of carbonyl (C=O) groups is 1. The van der Waals surface area contributed by atoms with Gasteiger partial charge in [0.25, 0.3) is 10.0 Å². The normalized spacial score (nSPS) is 13.6. The summed E-state index contributed by atoms with van der Waals surface area (Å²) in [6.45, 7) is 4.04. The van der Waals surface area contributed by atoms with Crippen LogP contribution in [0.4, 0.5) is 0 Å². The molecule has 1 atom stereocenters. The number of aromatic nitrogens is 2. The second-order valence-corrected chi connectivity index (χ2v) is 6.60. The minimum Gasteiger partial charge on any atom is -0.481 e. The van der Waals surface area contributed by atoms with E-state index in [1.54, 1.807) is 0 Å². The molecule has 1 aromatic heterocycles. The first kappa shape index (κ1) is 15.6. The van der Waals surface area contributed by atoms with Gasteiger partial charge in [0.2, 0.25) is 0 Å². The van der Waals surface area contributed by atoms with Gasteiger partial charge >= 0.3 is 5.97 Å². The summed E-state index contributed by atoms with van der Waals surface area (Å²) in [6.07, 6.45) is 1.94. The molecule has 0 radical (unpaired) electrons. The maximum Gasteiger partial charge on any atom is 0.303 e. The van der Waals surface area contributed by atoms with Gasteiger partial charge in [0, 0.05) is 13.0 Å². The topological polar surface area (TPSA) is 112 Å². The van der Waals surface area contributed by atoms with E-state index in [-0.39, 0.29) is 23.9 Å². The van der Waals surface area contributed by atoms with Gasteiger partial charge in [-0.05, 0) is 24.3 Å². The molecule has 0 aliphatic heterocycles. The van der Waals surface area contributed by atoms with Gasteiger partial charge in [-0.15, -0.1) is 0 Å². The predicted octanol–water partition coefficient (Wildman–Crippen LogP) is 0.825. The molecule has 8 heteroatoms. The number of aromatic amines is 1. The van der Waals surface area contributed by atoms with Gasteiger partial charge in [-0.1, -0.05) is 13.8 Å². The highest BCUT2D eigenvalue weighted by Gasteiger charge is 2.20. The number of carboxylic acids is 1. The fourth-order valence-electron chi connectivity index (χ4n) is 1.85. The number of carboxylic acid groups (broad SMARTS) is 1.